The molecule has 8 heteroatoms. The van der Waals surface area contributed by atoms with Gasteiger partial charge in [-0.2, -0.15) is 0 Å². The molecule has 0 spiro atoms. The summed E-state index contributed by atoms with van der Waals surface area (Å²) < 4.78 is 20.0. The monoisotopic (exact) mass is 459 g/mol. The van der Waals surface area contributed by atoms with Crippen molar-refractivity contribution in [1.29, 1.82) is 0 Å². The molecule has 1 saturated carbocycles. The zero-order chi connectivity index (χ0) is 21.8. The summed E-state index contributed by atoms with van der Waals surface area (Å²) in [5.41, 5.74) is 0.372. The van der Waals surface area contributed by atoms with Gasteiger partial charge in [-0.1, -0.05) is 23.7 Å². The van der Waals surface area contributed by atoms with Crippen molar-refractivity contribution in [2.24, 2.45) is 5.41 Å². The van der Waals surface area contributed by atoms with Crippen LogP contribution in [0, 0.1) is 11.2 Å². The lowest BCUT2D eigenvalue weighted by Crippen LogP contribution is -2.39. The van der Waals surface area contributed by atoms with Crippen LogP contribution in [0.5, 0.6) is 5.75 Å². The molecule has 0 bridgehead atoms. The fourth-order valence-electron chi connectivity index (χ4n) is 4.06. The largest absolute Gasteiger partial charge is 0.487 e. The number of rotatable bonds is 7. The molecule has 2 aromatic heterocycles. The molecule has 0 unspecified atom stereocenters. The molecule has 2 heterocycles. The van der Waals surface area contributed by atoms with Crippen molar-refractivity contribution in [1.82, 2.24) is 9.97 Å². The average Bonchev–Trinajstić information content (AvgIpc) is 3.26. The average molecular weight is 460 g/mol. The molecule has 1 aliphatic rings. The first-order chi connectivity index (χ1) is 14.9. The van der Waals surface area contributed by atoms with E-state index in [9.17, 15) is 9.18 Å². The van der Waals surface area contributed by atoms with Crippen LogP contribution < -0.4 is 10.1 Å². The van der Waals surface area contributed by atoms with Gasteiger partial charge in [0.05, 0.1) is 11.1 Å². The molecule has 5 nitrogen and oxygen atoms in total. The van der Waals surface area contributed by atoms with Crippen LogP contribution in [0.3, 0.4) is 0 Å². The highest BCUT2D eigenvalue weighted by Gasteiger charge is 2.40. The minimum Gasteiger partial charge on any atom is -0.487 e. The molecule has 0 radical (unpaired) electrons. The molecule has 162 valence electrons. The second-order valence-electron chi connectivity index (χ2n) is 7.86. The molecule has 1 aromatic carbocycles. The lowest BCUT2D eigenvalue weighted by molar-refractivity contribution is -0.129. The number of ether oxygens (including phenoxy) is 1. The van der Waals surface area contributed by atoms with Crippen LogP contribution in [-0.2, 0) is 11.2 Å². The number of nitrogens with zero attached hydrogens (tertiary/aromatic N) is 2. The highest BCUT2D eigenvalue weighted by Crippen LogP contribution is 2.41. The lowest BCUT2D eigenvalue weighted by Gasteiger charge is -2.38. The lowest BCUT2D eigenvalue weighted by atomic mass is 9.68. The van der Waals surface area contributed by atoms with Gasteiger partial charge in [0.15, 0.2) is 16.7 Å². The highest BCUT2D eigenvalue weighted by molar-refractivity contribution is 7.13. The number of nitrogens with one attached hydrogen (secondary N) is 1. The van der Waals surface area contributed by atoms with Gasteiger partial charge in [-0.25, -0.2) is 14.4 Å². The van der Waals surface area contributed by atoms with Gasteiger partial charge < -0.3 is 10.1 Å². The minimum atomic E-state index is -0.540. The maximum Gasteiger partial charge on any atom is 0.188 e. The first-order valence-electron chi connectivity index (χ1n) is 10.2. The number of Topliss-reactive ketones (excluding diaryl/α,β-unsaturated/α-hetero) is 1. The minimum absolute atomic E-state index is 0.0451. The maximum absolute atomic E-state index is 14.2. The van der Waals surface area contributed by atoms with Crippen LogP contribution in [0.1, 0.15) is 38.3 Å². The summed E-state index contributed by atoms with van der Waals surface area (Å²) in [4.78, 5) is 21.6. The Kier molecular flexibility index (Phi) is 6.53. The van der Waals surface area contributed by atoms with E-state index in [0.717, 1.165) is 10.8 Å². The van der Waals surface area contributed by atoms with Gasteiger partial charge >= 0.3 is 0 Å². The van der Waals surface area contributed by atoms with Crippen molar-refractivity contribution in [3.63, 3.8) is 0 Å². The van der Waals surface area contributed by atoms with Gasteiger partial charge in [0.25, 0.3) is 0 Å². The first-order valence-corrected chi connectivity index (χ1v) is 11.5. The van der Waals surface area contributed by atoms with E-state index >= 15 is 0 Å². The van der Waals surface area contributed by atoms with Crippen LogP contribution in [-0.4, -0.2) is 21.9 Å². The smallest absolute Gasteiger partial charge is 0.188 e. The van der Waals surface area contributed by atoms with E-state index in [1.54, 1.807) is 25.3 Å². The van der Waals surface area contributed by atoms with Gasteiger partial charge in [0.1, 0.15) is 11.6 Å². The summed E-state index contributed by atoms with van der Waals surface area (Å²) in [5.74, 6) is 0.483. The number of ketones is 1. The van der Waals surface area contributed by atoms with E-state index in [1.807, 2.05) is 23.6 Å². The second-order valence-corrected chi connectivity index (χ2v) is 9.16. The summed E-state index contributed by atoms with van der Waals surface area (Å²) in [5, 5.41) is 5.91. The Hall–Kier alpha value is -2.51. The quantitative estimate of drug-likeness (QED) is 0.454. The van der Waals surface area contributed by atoms with Crippen molar-refractivity contribution in [3.05, 3.63) is 64.5 Å². The molecular formula is C23H23ClFN3O2S. The number of carbonyl (C=O) groups is 1. The number of hydrogen-bond acceptors (Lipinski definition) is 6. The fraction of sp³-hybridized carbons (Fsp3) is 0.348. The van der Waals surface area contributed by atoms with Crippen LogP contribution in [0.25, 0.3) is 0 Å². The van der Waals surface area contributed by atoms with Crippen LogP contribution in [0.2, 0.25) is 5.02 Å². The van der Waals surface area contributed by atoms with Gasteiger partial charge in [0, 0.05) is 29.1 Å². The Morgan fingerprint density at radius 3 is 2.77 bits per heavy atom. The molecule has 0 atom stereocenters. The molecule has 1 aliphatic carbocycles. The Labute approximate surface area is 189 Å². The molecule has 1 N–H and O–H groups in total. The van der Waals surface area contributed by atoms with Crippen molar-refractivity contribution < 1.29 is 13.9 Å². The molecule has 0 amide bonds. The molecular weight excluding hydrogens is 437 g/mol. The van der Waals surface area contributed by atoms with Crippen molar-refractivity contribution >= 4 is 39.7 Å². The highest BCUT2D eigenvalue weighted by atomic mass is 35.5. The summed E-state index contributed by atoms with van der Waals surface area (Å²) in [6, 6.07) is 10.5. The predicted octanol–water partition coefficient (Wildman–Crippen LogP) is 6.21. The summed E-state index contributed by atoms with van der Waals surface area (Å²) in [6.07, 6.45) is 4.82. The Morgan fingerprint density at radius 1 is 1.29 bits per heavy atom. The van der Waals surface area contributed by atoms with Crippen LogP contribution >= 0.6 is 22.9 Å². The zero-order valence-corrected chi connectivity index (χ0v) is 18.7. The van der Waals surface area contributed by atoms with E-state index in [0.29, 0.717) is 37.9 Å². The maximum atomic E-state index is 14.2. The normalized spacial score (nSPS) is 20.9. The Balaban J connectivity index is 1.43. The molecule has 1 fully saturated rings. The van der Waals surface area contributed by atoms with E-state index in [-0.39, 0.29) is 22.7 Å². The van der Waals surface area contributed by atoms with E-state index in [1.165, 1.54) is 17.4 Å². The van der Waals surface area contributed by atoms with Gasteiger partial charge in [-0.05, 0) is 56.9 Å². The Morgan fingerprint density at radius 2 is 2.06 bits per heavy atom. The number of pyridine rings is 1. The summed E-state index contributed by atoms with van der Waals surface area (Å²) in [7, 11) is 0. The van der Waals surface area contributed by atoms with Crippen LogP contribution in [0.4, 0.5) is 15.3 Å². The van der Waals surface area contributed by atoms with Gasteiger partial charge in [-0.15, -0.1) is 11.3 Å². The molecule has 0 saturated heterocycles. The van der Waals surface area contributed by atoms with E-state index < -0.39 is 11.2 Å². The van der Waals surface area contributed by atoms with E-state index in [2.05, 4.69) is 15.3 Å². The SMILES string of the molecule is CC(=O)[C@]1(Cc2cccc(Nc3nccs3)n2)CC[C@@H](Oc2cccc(Cl)c2F)CC1. The van der Waals surface area contributed by atoms with Gasteiger partial charge in [-0.3, -0.25) is 4.79 Å². The fourth-order valence-corrected chi connectivity index (χ4v) is 4.76. The van der Waals surface area contributed by atoms with E-state index in [4.69, 9.17) is 16.3 Å². The molecule has 31 heavy (non-hydrogen) atoms. The molecule has 3 aromatic rings. The van der Waals surface area contributed by atoms with Gasteiger partial charge in [0.2, 0.25) is 0 Å². The molecule has 0 aliphatic heterocycles. The number of carbonyl (C=O) groups excluding carboxylic acids is 1. The summed E-state index contributed by atoms with van der Waals surface area (Å²) >= 11 is 7.35. The number of benzene rings is 1. The number of hydrogen-bond donors (Lipinski definition) is 1. The third-order valence-electron chi connectivity index (χ3n) is 5.84. The first kappa shape index (κ1) is 21.7. The van der Waals surface area contributed by atoms with Crippen LogP contribution in [0.15, 0.2) is 48.0 Å². The third-order valence-corrected chi connectivity index (χ3v) is 6.82. The zero-order valence-electron chi connectivity index (χ0n) is 17.1. The van der Waals surface area contributed by atoms with Crippen molar-refractivity contribution in [2.75, 3.05) is 5.32 Å². The number of anilines is 2. The Bertz CT molecular complexity index is 1050. The topological polar surface area (TPSA) is 64.1 Å². The number of aromatic nitrogens is 2. The van der Waals surface area contributed by atoms with Crippen molar-refractivity contribution in [2.45, 2.75) is 45.1 Å². The predicted molar refractivity (Wildman–Crippen MR) is 121 cm³/mol. The third kappa shape index (κ3) is 5.05. The number of halogens is 2. The van der Waals surface area contributed by atoms with Crippen molar-refractivity contribution in [3.8, 4) is 5.75 Å². The number of thiazole rings is 1. The molecule has 4 rings (SSSR count). The standard InChI is InChI=1S/C23H23ClFN3O2S/c1-15(29)23(14-16-4-2-7-20(27-16)28-22-26-12-13-31-22)10-8-17(9-11-23)30-19-6-3-5-18(24)21(19)25/h2-7,12-13,17H,8-11,14H2,1H3,(H,26,27,28)/t17-,23-. The second kappa shape index (κ2) is 9.32. The summed E-state index contributed by atoms with van der Waals surface area (Å²) in [6.45, 7) is 1.65.